The fraction of sp³-hybridized carbons (Fsp3) is 0.764. The molecule has 14 heteroatoms. The number of piperidine rings is 1. The largest absolute Gasteiger partial charge is 0.461 e. The minimum atomic E-state index is -2.83. The van der Waals surface area contributed by atoms with Crippen LogP contribution in [0.4, 0.5) is 0 Å². The average molecular weight is 1380 g/mol. The first kappa shape index (κ1) is 77.2. The van der Waals surface area contributed by atoms with Crippen LogP contribution in [-0.2, 0) is 36.7 Å². The van der Waals surface area contributed by atoms with Crippen LogP contribution in [0.2, 0.25) is 57.9 Å². The Hall–Kier alpha value is -1.29. The van der Waals surface area contributed by atoms with Crippen LogP contribution in [0.25, 0.3) is 0 Å². The molecule has 2 aromatic carbocycles. The van der Waals surface area contributed by atoms with E-state index in [-0.39, 0.29) is 77.5 Å². The summed E-state index contributed by atoms with van der Waals surface area (Å²) in [5, 5.41) is 5.98. The highest BCUT2D eigenvalue weighted by Crippen LogP contribution is 2.47. The highest BCUT2D eigenvalue weighted by molar-refractivity contribution is 14.1. The number of benzene rings is 2. The number of ether oxygens (including phenoxy) is 3. The van der Waals surface area contributed by atoms with Crippen LogP contribution in [0.5, 0.6) is 0 Å². The third-order valence-corrected chi connectivity index (χ3v) is 42.3. The molecule has 13 atom stereocenters. The van der Waals surface area contributed by atoms with Crippen LogP contribution in [0.1, 0.15) is 196 Å². The molecule has 492 valence electrons. The van der Waals surface area contributed by atoms with Crippen molar-refractivity contribution in [3.05, 3.63) is 82.5 Å². The van der Waals surface area contributed by atoms with Gasteiger partial charge in [-0.15, -0.1) is 0 Å². The van der Waals surface area contributed by atoms with Crippen molar-refractivity contribution < 1.29 is 36.7 Å². The topological polar surface area (TPSA) is 93.7 Å². The molecule has 0 bridgehead atoms. The molecule has 86 heavy (non-hydrogen) atoms. The first-order valence-corrected chi connectivity index (χ1v) is 44.8. The number of halogens is 1. The second-order valence-corrected chi connectivity index (χ2v) is 48.6. The average Bonchev–Trinajstić information content (AvgIpc) is 2.27. The minimum absolute atomic E-state index is 0.0301. The molecule has 1 heterocycles. The van der Waals surface area contributed by atoms with Crippen molar-refractivity contribution in [2.24, 2.45) is 29.6 Å². The highest BCUT2D eigenvalue weighted by atomic mass is 127. The van der Waals surface area contributed by atoms with E-state index in [0.29, 0.717) is 34.9 Å². The molecular formula is C72H128INO8Si4. The van der Waals surface area contributed by atoms with Crippen LogP contribution >= 0.6 is 22.6 Å². The van der Waals surface area contributed by atoms with Gasteiger partial charge in [-0.3, -0.25) is 4.79 Å². The smallest absolute Gasteiger partial charge is 0.323 e. The van der Waals surface area contributed by atoms with Crippen LogP contribution in [0, 0.1) is 29.6 Å². The Morgan fingerprint density at radius 3 is 1.65 bits per heavy atom. The Balaban J connectivity index is 1.87. The third-order valence-electron chi connectivity index (χ3n) is 21.4. The van der Waals surface area contributed by atoms with Gasteiger partial charge in [-0.25, -0.2) is 0 Å². The zero-order valence-corrected chi connectivity index (χ0v) is 64.9. The second-order valence-electron chi connectivity index (χ2n) is 28.8. The van der Waals surface area contributed by atoms with E-state index in [1.165, 1.54) is 15.9 Å². The normalized spacial score (nSPS) is 22.2. The molecule has 1 saturated carbocycles. The molecule has 2 aromatic rings. The monoisotopic (exact) mass is 1370 g/mol. The van der Waals surface area contributed by atoms with Gasteiger partial charge in [-0.1, -0.05) is 233 Å². The lowest BCUT2D eigenvalue weighted by molar-refractivity contribution is -0.157. The Morgan fingerprint density at radius 2 is 1.20 bits per heavy atom. The van der Waals surface area contributed by atoms with E-state index in [9.17, 15) is 4.79 Å². The number of rotatable bonds is 37. The van der Waals surface area contributed by atoms with E-state index in [1.807, 2.05) is 14.2 Å². The van der Waals surface area contributed by atoms with E-state index in [4.69, 9.17) is 31.9 Å². The molecule has 2 aliphatic rings. The predicted octanol–water partition coefficient (Wildman–Crippen LogP) is 18.8. The Labute approximate surface area is 546 Å². The van der Waals surface area contributed by atoms with Gasteiger partial charge >= 0.3 is 5.97 Å². The molecule has 0 aromatic heterocycles. The molecule has 0 unspecified atom stereocenters. The maximum absolute atomic E-state index is 14.7. The lowest BCUT2D eigenvalue weighted by Crippen LogP contribution is -2.68. The van der Waals surface area contributed by atoms with E-state index < -0.39 is 33.3 Å². The minimum Gasteiger partial charge on any atom is -0.461 e. The van der Waals surface area contributed by atoms with Crippen molar-refractivity contribution in [2.45, 2.75) is 303 Å². The van der Waals surface area contributed by atoms with Crippen LogP contribution in [0.3, 0.4) is 0 Å². The van der Waals surface area contributed by atoms with Gasteiger partial charge in [0.05, 0.1) is 30.5 Å². The second kappa shape index (κ2) is 36.2. The number of hydrogen-bond donors (Lipinski definition) is 1. The maximum atomic E-state index is 14.7. The predicted molar refractivity (Wildman–Crippen MR) is 384 cm³/mol. The standard InChI is InChI=1S/C72H128INO8Si4/c1-23-83(24-2,25-3)79-66(56(14)48-59(17)69(82-85(52(7)8,53(9)10)54(11)12)70(77-22)68(58(16)47-55(13)44-45-73)81-84(26-4,27-5)28-6)51-65(78-71(75)63-41-35-36-46-74-63)57(15)49-60-42-43-64(67(50-60)76-21)80-86(72(18,19)20,61-37-31-29-32-38-61)62-39-33-30-34-40-62/h29-34,37-40,44-45,48,52-58,60,63-70,74H,23-28,35-36,41-43,46-47,49-51H2,1-22H3/b45-44+,59-48+/t55-,56-,57-,58-,60+,63+,64-,65+,66+,67-,68-,69-,70+/m1/s1. The number of methoxy groups -OCH3 is 2. The fourth-order valence-corrected chi connectivity index (χ4v) is 32.7. The van der Waals surface area contributed by atoms with Gasteiger partial charge in [-0.2, -0.15) is 0 Å². The summed E-state index contributed by atoms with van der Waals surface area (Å²) in [6, 6.07) is 28.0. The van der Waals surface area contributed by atoms with E-state index in [1.54, 1.807) is 0 Å². The molecule has 2 fully saturated rings. The van der Waals surface area contributed by atoms with E-state index in [2.05, 4.69) is 243 Å². The van der Waals surface area contributed by atoms with Crippen molar-refractivity contribution in [1.29, 1.82) is 0 Å². The molecule has 1 aliphatic heterocycles. The van der Waals surface area contributed by atoms with Gasteiger partial charge in [0, 0.05) is 20.6 Å². The van der Waals surface area contributed by atoms with Crippen molar-refractivity contribution >= 4 is 72.2 Å². The lowest BCUT2D eigenvalue weighted by Gasteiger charge is -2.49. The van der Waals surface area contributed by atoms with Gasteiger partial charge in [-0.05, 0) is 166 Å². The molecule has 1 aliphatic carbocycles. The molecule has 4 rings (SSSR count). The number of carbonyl (C=O) groups excluding carboxylic acids is 1. The Bertz CT molecular complexity index is 2210. The highest BCUT2D eigenvalue weighted by Gasteiger charge is 2.54. The number of esters is 1. The molecule has 9 nitrogen and oxygen atoms in total. The quantitative estimate of drug-likeness (QED) is 0.0307. The summed E-state index contributed by atoms with van der Waals surface area (Å²) in [6.45, 7) is 48.1. The van der Waals surface area contributed by atoms with Gasteiger partial charge in [0.15, 0.2) is 16.6 Å². The third kappa shape index (κ3) is 19.6. The van der Waals surface area contributed by atoms with E-state index in [0.717, 1.165) is 94.2 Å². The van der Waals surface area contributed by atoms with Crippen molar-refractivity contribution in [3.63, 3.8) is 0 Å². The van der Waals surface area contributed by atoms with Crippen LogP contribution in [0.15, 0.2) is 82.5 Å². The molecular weight excluding hydrogens is 1250 g/mol. The summed E-state index contributed by atoms with van der Waals surface area (Å²) in [4.78, 5) is 14.7. The van der Waals surface area contributed by atoms with Crippen molar-refractivity contribution in [3.8, 4) is 0 Å². The number of allylic oxidation sites excluding steroid dienone is 1. The maximum Gasteiger partial charge on any atom is 0.323 e. The van der Waals surface area contributed by atoms with Crippen LogP contribution < -0.4 is 15.7 Å². The summed E-state index contributed by atoms with van der Waals surface area (Å²) in [7, 11) is -5.94. The molecule has 0 amide bonds. The van der Waals surface area contributed by atoms with Gasteiger partial charge in [0.2, 0.25) is 8.32 Å². The lowest BCUT2D eigenvalue weighted by atomic mass is 9.78. The van der Waals surface area contributed by atoms with Gasteiger partial charge in [0.1, 0.15) is 18.2 Å². The number of nitrogens with one attached hydrogen (secondary N) is 1. The number of carbonyl (C=O) groups is 1. The molecule has 1 saturated heterocycles. The molecule has 0 spiro atoms. The van der Waals surface area contributed by atoms with Gasteiger partial charge in [0.25, 0.3) is 8.32 Å². The number of hydrogen-bond acceptors (Lipinski definition) is 9. The first-order chi connectivity index (χ1) is 40.7. The van der Waals surface area contributed by atoms with Crippen molar-refractivity contribution in [2.75, 3.05) is 20.8 Å². The SMILES string of the molecule is CC[Si](CC)(CC)O[C@@H]([C@H](OC)[C@H](O[Si](C(C)C)(C(C)C)C(C)C)/C(C)=C/[C@@H](C)[C@H](C[C@H](OC(=O)[C@@H]1CCCCN1)[C@H](C)C[C@@H]1CC[C@@H](O[Si](c2ccccc2)(c2ccccc2)C(C)(C)C)[C@H](OC)C1)O[Si](CC)(CC)CC)[C@H](C)C[C@H](C)/C=C/I. The fourth-order valence-electron chi connectivity index (χ4n) is 15.8. The zero-order chi connectivity index (χ0) is 64.2. The summed E-state index contributed by atoms with van der Waals surface area (Å²) in [5.41, 5.74) is 2.29. The summed E-state index contributed by atoms with van der Waals surface area (Å²) < 4.78 is 54.3. The first-order valence-electron chi connectivity index (χ1n) is 34.5. The summed E-state index contributed by atoms with van der Waals surface area (Å²) >= 11 is 2.36. The summed E-state index contributed by atoms with van der Waals surface area (Å²) in [5.74, 6) is 0.879. The van der Waals surface area contributed by atoms with Crippen LogP contribution in [-0.4, -0.2) is 109 Å². The van der Waals surface area contributed by atoms with E-state index >= 15 is 0 Å². The Kier molecular flexibility index (Phi) is 32.5. The van der Waals surface area contributed by atoms with Gasteiger partial charge < -0.3 is 37.2 Å². The zero-order valence-electron chi connectivity index (χ0n) is 58.7. The van der Waals surface area contributed by atoms with Crippen molar-refractivity contribution in [1.82, 2.24) is 5.32 Å². The molecule has 1 N–H and O–H groups in total. The summed E-state index contributed by atoms with van der Waals surface area (Å²) in [6.07, 6.45) is 11.5. The Morgan fingerprint density at radius 1 is 0.663 bits per heavy atom. The molecule has 0 radical (unpaired) electrons.